The Morgan fingerprint density at radius 1 is 1.29 bits per heavy atom. The molecule has 0 radical (unpaired) electrons. The second-order valence-corrected chi connectivity index (χ2v) is 9.20. The lowest BCUT2D eigenvalue weighted by Crippen LogP contribution is -2.46. The van der Waals surface area contributed by atoms with Crippen molar-refractivity contribution in [3.05, 3.63) is 18.0 Å². The van der Waals surface area contributed by atoms with Crippen LogP contribution in [0.1, 0.15) is 37.4 Å². The fourth-order valence-electron chi connectivity index (χ4n) is 3.58. The third-order valence-electron chi connectivity index (χ3n) is 4.84. The quantitative estimate of drug-likeness (QED) is 0.778. The van der Waals surface area contributed by atoms with E-state index in [9.17, 15) is 13.2 Å². The number of piperidine rings is 1. The van der Waals surface area contributed by atoms with Crippen LogP contribution >= 0.6 is 0 Å². The maximum Gasteiger partial charge on any atom is 0.224 e. The Kier molecular flexibility index (Phi) is 5.24. The van der Waals surface area contributed by atoms with Gasteiger partial charge in [0.05, 0.1) is 24.0 Å². The zero-order valence-corrected chi connectivity index (χ0v) is 15.0. The fraction of sp³-hybridized carbons (Fsp3) is 0.750. The maximum atomic E-state index is 12.4. The number of hydrogen-bond donors (Lipinski definition) is 0. The maximum absolute atomic E-state index is 12.4. The van der Waals surface area contributed by atoms with Crippen molar-refractivity contribution in [3.63, 3.8) is 0 Å². The van der Waals surface area contributed by atoms with Crippen molar-refractivity contribution in [1.82, 2.24) is 19.6 Å². The summed E-state index contributed by atoms with van der Waals surface area (Å²) in [6.07, 6.45) is 6.77. The summed E-state index contributed by atoms with van der Waals surface area (Å²) in [6, 6.07) is 2.09. The molecule has 1 aromatic heterocycles. The minimum Gasteiger partial charge on any atom is -0.335 e. The number of likely N-dealkylation sites (tertiary alicyclic amines) is 1. The average Bonchev–Trinajstić information content (AvgIpc) is 3.01. The third-order valence-corrected chi connectivity index (χ3v) is 5.78. The predicted octanol–water partition coefficient (Wildman–Crippen LogP) is 0.687. The van der Waals surface area contributed by atoms with Crippen LogP contribution in [0.5, 0.6) is 0 Å². The van der Waals surface area contributed by atoms with Gasteiger partial charge in [0.1, 0.15) is 9.84 Å². The molecule has 0 spiro atoms. The van der Waals surface area contributed by atoms with E-state index in [0.717, 1.165) is 25.3 Å². The largest absolute Gasteiger partial charge is 0.335 e. The molecule has 134 valence electrons. The van der Waals surface area contributed by atoms with Gasteiger partial charge in [0.2, 0.25) is 5.91 Å². The van der Waals surface area contributed by atoms with E-state index in [1.165, 1.54) is 25.5 Å². The monoisotopic (exact) mass is 354 g/mol. The van der Waals surface area contributed by atoms with Gasteiger partial charge in [-0.05, 0) is 32.0 Å². The van der Waals surface area contributed by atoms with Crippen LogP contribution in [0, 0.1) is 0 Å². The molecule has 1 fully saturated rings. The van der Waals surface area contributed by atoms with E-state index < -0.39 is 9.84 Å². The average molecular weight is 354 g/mol. The van der Waals surface area contributed by atoms with E-state index in [-0.39, 0.29) is 24.1 Å². The van der Waals surface area contributed by atoms with Crippen LogP contribution in [0.3, 0.4) is 0 Å². The lowest BCUT2D eigenvalue weighted by molar-refractivity contribution is -0.133. The number of sulfone groups is 1. The van der Waals surface area contributed by atoms with Crippen LogP contribution in [0.25, 0.3) is 0 Å². The lowest BCUT2D eigenvalue weighted by atomic mass is 10.1. The smallest absolute Gasteiger partial charge is 0.224 e. The molecule has 1 atom stereocenters. The number of rotatable bonds is 5. The first-order chi connectivity index (χ1) is 11.4. The first-order valence-electron chi connectivity index (χ1n) is 8.62. The highest BCUT2D eigenvalue weighted by molar-refractivity contribution is 7.90. The molecule has 1 amide bonds. The molecule has 0 saturated carbocycles. The Bertz CT molecular complexity index is 679. The summed E-state index contributed by atoms with van der Waals surface area (Å²) in [5.74, 6) is -0.171. The first-order valence-corrected chi connectivity index (χ1v) is 10.7. The minimum absolute atomic E-state index is 0.0589. The highest BCUT2D eigenvalue weighted by Gasteiger charge is 2.30. The van der Waals surface area contributed by atoms with Gasteiger partial charge in [0, 0.05) is 32.0 Å². The van der Waals surface area contributed by atoms with Crippen LogP contribution in [0.2, 0.25) is 0 Å². The van der Waals surface area contributed by atoms with E-state index in [4.69, 9.17) is 0 Å². The van der Waals surface area contributed by atoms with Gasteiger partial charge < -0.3 is 9.80 Å². The fourth-order valence-corrected chi connectivity index (χ4v) is 4.13. The van der Waals surface area contributed by atoms with Gasteiger partial charge in [0.25, 0.3) is 0 Å². The van der Waals surface area contributed by atoms with Crippen molar-refractivity contribution >= 4 is 15.7 Å². The molecule has 8 heteroatoms. The summed E-state index contributed by atoms with van der Waals surface area (Å²) in [5.41, 5.74) is 1.02. The number of amides is 1. The Morgan fingerprint density at radius 3 is 2.75 bits per heavy atom. The molecule has 3 heterocycles. The van der Waals surface area contributed by atoms with Gasteiger partial charge in [-0.2, -0.15) is 5.10 Å². The molecule has 7 nitrogen and oxygen atoms in total. The van der Waals surface area contributed by atoms with E-state index >= 15 is 0 Å². The molecule has 0 bridgehead atoms. The van der Waals surface area contributed by atoms with Crippen molar-refractivity contribution in [1.29, 1.82) is 0 Å². The topological polar surface area (TPSA) is 75.5 Å². The van der Waals surface area contributed by atoms with E-state index in [0.29, 0.717) is 13.1 Å². The zero-order chi connectivity index (χ0) is 17.2. The molecule has 3 rings (SSSR count). The standard InChI is InChI=1S/C16H26N4O3S/c1-24(22,23)10-6-16(21)19-12-14-5-7-17-20(14)15(13-19)11-18-8-3-2-4-9-18/h5,7,15H,2-4,6,8-13H2,1H3/t15-/m1/s1. The highest BCUT2D eigenvalue weighted by Crippen LogP contribution is 2.23. The number of carbonyl (C=O) groups is 1. The van der Waals surface area contributed by atoms with Gasteiger partial charge >= 0.3 is 0 Å². The van der Waals surface area contributed by atoms with Crippen LogP contribution in [-0.4, -0.2) is 72.1 Å². The van der Waals surface area contributed by atoms with Gasteiger partial charge in [-0.1, -0.05) is 6.42 Å². The summed E-state index contributed by atoms with van der Waals surface area (Å²) in [5, 5.41) is 4.44. The van der Waals surface area contributed by atoms with Crippen molar-refractivity contribution in [2.45, 2.75) is 38.3 Å². The molecule has 0 N–H and O–H groups in total. The van der Waals surface area contributed by atoms with Crippen LogP contribution in [0.15, 0.2) is 12.3 Å². The molecular formula is C16H26N4O3S. The zero-order valence-electron chi connectivity index (χ0n) is 14.2. The first kappa shape index (κ1) is 17.4. The van der Waals surface area contributed by atoms with Crippen LogP contribution in [0.4, 0.5) is 0 Å². The SMILES string of the molecule is CS(=O)(=O)CCC(=O)N1Cc2ccnn2[C@H](CN2CCCCC2)C1. The van der Waals surface area contributed by atoms with Crippen molar-refractivity contribution in [2.24, 2.45) is 0 Å². The van der Waals surface area contributed by atoms with E-state index in [1.54, 1.807) is 11.1 Å². The molecule has 2 aliphatic rings. The van der Waals surface area contributed by atoms with E-state index in [2.05, 4.69) is 10.00 Å². The second kappa shape index (κ2) is 7.23. The second-order valence-electron chi connectivity index (χ2n) is 6.94. The normalized spacial score (nSPS) is 22.4. The minimum atomic E-state index is -3.12. The molecule has 2 aliphatic heterocycles. The molecule has 0 unspecified atom stereocenters. The summed E-state index contributed by atoms with van der Waals surface area (Å²) < 4.78 is 24.7. The summed E-state index contributed by atoms with van der Waals surface area (Å²) >= 11 is 0. The Balaban J connectivity index is 1.67. The Labute approximate surface area is 143 Å². The van der Waals surface area contributed by atoms with Crippen molar-refractivity contribution < 1.29 is 13.2 Å². The number of nitrogens with zero attached hydrogens (tertiary/aromatic N) is 4. The lowest BCUT2D eigenvalue weighted by Gasteiger charge is -2.37. The highest BCUT2D eigenvalue weighted by atomic mass is 32.2. The number of hydrogen-bond acceptors (Lipinski definition) is 5. The number of fused-ring (bicyclic) bond motifs is 1. The van der Waals surface area contributed by atoms with Gasteiger partial charge in [0.15, 0.2) is 0 Å². The van der Waals surface area contributed by atoms with Crippen molar-refractivity contribution in [2.75, 3.05) is 38.2 Å². The van der Waals surface area contributed by atoms with Gasteiger partial charge in [-0.15, -0.1) is 0 Å². The molecule has 1 saturated heterocycles. The molecule has 24 heavy (non-hydrogen) atoms. The van der Waals surface area contributed by atoms with E-state index in [1.807, 2.05) is 10.7 Å². The molecular weight excluding hydrogens is 328 g/mol. The molecule has 1 aromatic rings. The van der Waals surface area contributed by atoms with Gasteiger partial charge in [-0.3, -0.25) is 9.48 Å². The Morgan fingerprint density at radius 2 is 2.04 bits per heavy atom. The third kappa shape index (κ3) is 4.36. The number of aromatic nitrogens is 2. The van der Waals surface area contributed by atoms with Crippen molar-refractivity contribution in [3.8, 4) is 0 Å². The van der Waals surface area contributed by atoms with Gasteiger partial charge in [-0.25, -0.2) is 8.42 Å². The predicted molar refractivity (Wildman–Crippen MR) is 91.3 cm³/mol. The molecule has 0 aliphatic carbocycles. The summed E-state index contributed by atoms with van der Waals surface area (Å²) in [4.78, 5) is 16.7. The molecule has 0 aromatic carbocycles. The summed E-state index contributed by atoms with van der Waals surface area (Å²) in [6.45, 7) is 4.22. The number of carbonyl (C=O) groups excluding carboxylic acids is 1. The Hall–Kier alpha value is -1.41. The van der Waals surface area contributed by atoms with Crippen LogP contribution in [-0.2, 0) is 21.2 Å². The van der Waals surface area contributed by atoms with Crippen LogP contribution < -0.4 is 0 Å². The summed E-state index contributed by atoms with van der Waals surface area (Å²) in [7, 11) is -3.12.